The first-order valence-electron chi connectivity index (χ1n) is 9.02. The molecule has 2 aromatic heterocycles. The van der Waals surface area contributed by atoms with Crippen LogP contribution in [0.3, 0.4) is 0 Å². The molecule has 1 amide bonds. The van der Waals surface area contributed by atoms with E-state index in [4.69, 9.17) is 20.4 Å². The SMILES string of the molecule is Cc1coc2cc3oc(=O)c(CCC(=O)Nc4ccc(F)c(Cl)c4)c(C)c3cc12. The van der Waals surface area contributed by atoms with Crippen molar-refractivity contribution in [3.05, 3.63) is 74.5 Å². The maximum absolute atomic E-state index is 13.2. The van der Waals surface area contributed by atoms with Gasteiger partial charge in [-0.2, -0.15) is 0 Å². The highest BCUT2D eigenvalue weighted by Crippen LogP contribution is 2.29. The number of rotatable bonds is 4. The molecule has 0 saturated carbocycles. The summed E-state index contributed by atoms with van der Waals surface area (Å²) in [5, 5.41) is 4.33. The molecule has 1 N–H and O–H groups in total. The normalized spacial score (nSPS) is 11.3. The van der Waals surface area contributed by atoms with Crippen LogP contribution >= 0.6 is 11.6 Å². The highest BCUT2D eigenvalue weighted by atomic mass is 35.5. The minimum Gasteiger partial charge on any atom is -0.464 e. The molecule has 4 rings (SSSR count). The van der Waals surface area contributed by atoms with Gasteiger partial charge < -0.3 is 14.2 Å². The van der Waals surface area contributed by atoms with Crippen molar-refractivity contribution < 1.29 is 18.0 Å². The van der Waals surface area contributed by atoms with Crippen molar-refractivity contribution in [2.45, 2.75) is 26.7 Å². The van der Waals surface area contributed by atoms with E-state index < -0.39 is 11.4 Å². The van der Waals surface area contributed by atoms with Crippen LogP contribution in [0, 0.1) is 19.7 Å². The average Bonchev–Trinajstić information content (AvgIpc) is 3.03. The van der Waals surface area contributed by atoms with Crippen LogP contribution in [-0.4, -0.2) is 5.91 Å². The number of halogens is 2. The zero-order valence-corrected chi connectivity index (χ0v) is 16.5. The molecule has 0 unspecified atom stereocenters. The number of carbonyl (C=O) groups excluding carboxylic acids is 1. The quantitative estimate of drug-likeness (QED) is 0.447. The summed E-state index contributed by atoms with van der Waals surface area (Å²) >= 11 is 5.72. The van der Waals surface area contributed by atoms with E-state index in [9.17, 15) is 14.0 Å². The zero-order valence-electron chi connectivity index (χ0n) is 15.8. The monoisotopic (exact) mass is 413 g/mol. The predicted molar refractivity (Wildman–Crippen MR) is 110 cm³/mol. The van der Waals surface area contributed by atoms with Crippen LogP contribution in [0.15, 0.2) is 50.2 Å². The summed E-state index contributed by atoms with van der Waals surface area (Å²) in [4.78, 5) is 24.7. The van der Waals surface area contributed by atoms with Crippen LogP contribution in [-0.2, 0) is 11.2 Å². The number of furan rings is 1. The number of hydrogen-bond donors (Lipinski definition) is 1. The number of fused-ring (bicyclic) bond motifs is 2. The molecule has 0 atom stereocenters. The largest absolute Gasteiger partial charge is 0.464 e. The molecule has 0 radical (unpaired) electrons. The van der Waals surface area contributed by atoms with Gasteiger partial charge in [0.25, 0.3) is 0 Å². The summed E-state index contributed by atoms with van der Waals surface area (Å²) in [5.74, 6) is -0.872. The molecule has 29 heavy (non-hydrogen) atoms. The molecule has 0 aliphatic carbocycles. The Morgan fingerprint density at radius 1 is 1.14 bits per heavy atom. The Hall–Kier alpha value is -3.12. The first kappa shape index (κ1) is 19.2. The molecule has 7 heteroatoms. The van der Waals surface area contributed by atoms with Crippen molar-refractivity contribution >= 4 is 45.1 Å². The summed E-state index contributed by atoms with van der Waals surface area (Å²) in [6.07, 6.45) is 1.94. The molecule has 0 spiro atoms. The standard InChI is InChI=1S/C22H17ClFNO4/c1-11-10-28-19-9-20-16(8-15(11)19)12(2)14(22(27)29-20)4-6-21(26)25-13-3-5-18(24)17(23)7-13/h3,5,7-10H,4,6H2,1-2H3,(H,25,26). The molecule has 0 saturated heterocycles. The van der Waals surface area contributed by atoms with Gasteiger partial charge in [-0.15, -0.1) is 0 Å². The maximum atomic E-state index is 13.2. The molecular formula is C22H17ClFNO4. The Kier molecular flexibility index (Phi) is 4.88. The van der Waals surface area contributed by atoms with Crippen LogP contribution in [0.25, 0.3) is 21.9 Å². The lowest BCUT2D eigenvalue weighted by atomic mass is 10.0. The summed E-state index contributed by atoms with van der Waals surface area (Å²) < 4.78 is 24.2. The fourth-order valence-corrected chi connectivity index (χ4v) is 3.54. The highest BCUT2D eigenvalue weighted by Gasteiger charge is 2.15. The maximum Gasteiger partial charge on any atom is 0.339 e. The van der Waals surface area contributed by atoms with E-state index in [1.165, 1.54) is 18.2 Å². The smallest absolute Gasteiger partial charge is 0.339 e. The fourth-order valence-electron chi connectivity index (χ4n) is 3.36. The average molecular weight is 414 g/mol. The van der Waals surface area contributed by atoms with Crippen molar-refractivity contribution in [2.24, 2.45) is 0 Å². The predicted octanol–water partition coefficient (Wildman–Crippen LogP) is 5.52. The summed E-state index contributed by atoms with van der Waals surface area (Å²) in [6, 6.07) is 7.58. The topological polar surface area (TPSA) is 72.5 Å². The molecule has 2 heterocycles. The number of hydrogen-bond acceptors (Lipinski definition) is 4. The molecular weight excluding hydrogens is 397 g/mol. The van der Waals surface area contributed by atoms with E-state index in [1.54, 1.807) is 12.3 Å². The van der Waals surface area contributed by atoms with Crippen LogP contribution in [0.1, 0.15) is 23.1 Å². The van der Waals surface area contributed by atoms with Gasteiger partial charge in [0.05, 0.1) is 11.3 Å². The minimum atomic E-state index is -0.559. The fraction of sp³-hybridized carbons (Fsp3) is 0.182. The molecule has 0 bridgehead atoms. The number of carbonyl (C=O) groups is 1. The number of benzene rings is 2. The van der Waals surface area contributed by atoms with Crippen molar-refractivity contribution in [3.8, 4) is 0 Å². The van der Waals surface area contributed by atoms with Crippen molar-refractivity contribution in [2.75, 3.05) is 5.32 Å². The number of amides is 1. The summed E-state index contributed by atoms with van der Waals surface area (Å²) in [5.41, 5.74) is 3.23. The Labute approximate surface area is 170 Å². The van der Waals surface area contributed by atoms with Crippen LogP contribution in [0.2, 0.25) is 5.02 Å². The molecule has 0 aliphatic heterocycles. The van der Waals surface area contributed by atoms with Gasteiger partial charge in [-0.25, -0.2) is 9.18 Å². The number of anilines is 1. The van der Waals surface area contributed by atoms with Gasteiger partial charge in [-0.3, -0.25) is 4.79 Å². The van der Waals surface area contributed by atoms with E-state index in [0.717, 1.165) is 21.9 Å². The van der Waals surface area contributed by atoms with E-state index >= 15 is 0 Å². The molecule has 0 aliphatic rings. The Morgan fingerprint density at radius 3 is 2.69 bits per heavy atom. The van der Waals surface area contributed by atoms with Gasteiger partial charge in [0.1, 0.15) is 17.0 Å². The van der Waals surface area contributed by atoms with Gasteiger partial charge in [-0.05, 0) is 55.7 Å². The number of nitrogens with one attached hydrogen (secondary N) is 1. The Morgan fingerprint density at radius 2 is 1.93 bits per heavy atom. The summed E-state index contributed by atoms with van der Waals surface area (Å²) in [7, 11) is 0. The van der Waals surface area contributed by atoms with Gasteiger partial charge in [0, 0.05) is 34.5 Å². The first-order chi connectivity index (χ1) is 13.8. The molecule has 2 aromatic carbocycles. The van der Waals surface area contributed by atoms with Crippen molar-refractivity contribution in [1.29, 1.82) is 0 Å². The second-order valence-electron chi connectivity index (χ2n) is 6.93. The van der Waals surface area contributed by atoms with E-state index in [0.29, 0.717) is 22.4 Å². The lowest BCUT2D eigenvalue weighted by Crippen LogP contribution is -2.16. The molecule has 148 valence electrons. The molecule has 5 nitrogen and oxygen atoms in total. The highest BCUT2D eigenvalue weighted by molar-refractivity contribution is 6.31. The van der Waals surface area contributed by atoms with E-state index in [-0.39, 0.29) is 23.8 Å². The van der Waals surface area contributed by atoms with Crippen molar-refractivity contribution in [1.82, 2.24) is 0 Å². The summed E-state index contributed by atoms with van der Waals surface area (Å²) in [6.45, 7) is 3.78. The van der Waals surface area contributed by atoms with Crippen LogP contribution in [0.4, 0.5) is 10.1 Å². The van der Waals surface area contributed by atoms with Crippen molar-refractivity contribution in [3.63, 3.8) is 0 Å². The molecule has 0 fully saturated rings. The second-order valence-corrected chi connectivity index (χ2v) is 7.34. The lowest BCUT2D eigenvalue weighted by Gasteiger charge is -2.09. The molecule has 4 aromatic rings. The van der Waals surface area contributed by atoms with Gasteiger partial charge >= 0.3 is 5.63 Å². The van der Waals surface area contributed by atoms with Gasteiger partial charge in [0.2, 0.25) is 5.91 Å². The number of aryl methyl sites for hydroxylation is 2. The van der Waals surface area contributed by atoms with Gasteiger partial charge in [-0.1, -0.05) is 11.6 Å². The second kappa shape index (κ2) is 7.37. The zero-order chi connectivity index (χ0) is 20.7. The minimum absolute atomic E-state index is 0.0685. The third-order valence-corrected chi connectivity index (χ3v) is 5.27. The van der Waals surface area contributed by atoms with Crippen LogP contribution < -0.4 is 10.9 Å². The Bertz CT molecular complexity index is 1320. The van der Waals surface area contributed by atoms with Gasteiger partial charge in [0.15, 0.2) is 0 Å². The van der Waals surface area contributed by atoms with Crippen LogP contribution in [0.5, 0.6) is 0 Å². The van der Waals surface area contributed by atoms with E-state index in [2.05, 4.69) is 5.32 Å². The first-order valence-corrected chi connectivity index (χ1v) is 9.40. The Balaban J connectivity index is 1.59. The third-order valence-electron chi connectivity index (χ3n) is 4.98. The third kappa shape index (κ3) is 3.63. The van der Waals surface area contributed by atoms with E-state index in [1.807, 2.05) is 19.9 Å². The lowest BCUT2D eigenvalue weighted by molar-refractivity contribution is -0.116.